The summed E-state index contributed by atoms with van der Waals surface area (Å²) in [5.41, 5.74) is 0. The zero-order chi connectivity index (χ0) is 11.6. The van der Waals surface area contributed by atoms with Crippen LogP contribution in [0.3, 0.4) is 0 Å². The van der Waals surface area contributed by atoms with Crippen LogP contribution in [-0.4, -0.2) is 35.4 Å². The van der Waals surface area contributed by atoms with Gasteiger partial charge in [-0.3, -0.25) is 0 Å². The summed E-state index contributed by atoms with van der Waals surface area (Å²) in [5, 5.41) is 0. The van der Waals surface area contributed by atoms with E-state index in [2.05, 4.69) is 40.7 Å². The SMILES string of the molecule is CCCN[Si](NC)(NCCC)NCCC. The van der Waals surface area contributed by atoms with Crippen LogP contribution in [0, 0.1) is 0 Å². The van der Waals surface area contributed by atoms with Crippen molar-refractivity contribution in [1.29, 1.82) is 0 Å². The lowest BCUT2D eigenvalue weighted by Crippen LogP contribution is -2.80. The Morgan fingerprint density at radius 3 is 1.27 bits per heavy atom. The van der Waals surface area contributed by atoms with Crippen molar-refractivity contribution in [1.82, 2.24) is 19.9 Å². The minimum Gasteiger partial charge on any atom is -0.303 e. The van der Waals surface area contributed by atoms with Crippen molar-refractivity contribution in [2.75, 3.05) is 26.7 Å². The Hall–Kier alpha value is 0.0569. The fourth-order valence-electron chi connectivity index (χ4n) is 1.39. The Morgan fingerprint density at radius 1 is 0.733 bits per heavy atom. The molecule has 0 atom stereocenters. The van der Waals surface area contributed by atoms with E-state index in [9.17, 15) is 0 Å². The van der Waals surface area contributed by atoms with Crippen LogP contribution < -0.4 is 19.9 Å². The Morgan fingerprint density at radius 2 is 1.07 bits per heavy atom. The topological polar surface area (TPSA) is 48.1 Å². The zero-order valence-electron chi connectivity index (χ0n) is 10.7. The van der Waals surface area contributed by atoms with Gasteiger partial charge in [0.1, 0.15) is 0 Å². The molecule has 0 bridgehead atoms. The van der Waals surface area contributed by atoms with Gasteiger partial charge < -0.3 is 19.9 Å². The fraction of sp³-hybridized carbons (Fsp3) is 1.00. The molecule has 0 saturated carbocycles. The van der Waals surface area contributed by atoms with Crippen LogP contribution in [-0.2, 0) is 0 Å². The molecule has 0 rings (SSSR count). The second-order valence-corrected chi connectivity index (χ2v) is 6.84. The molecule has 0 amide bonds. The molecule has 92 valence electrons. The number of hydrogen-bond acceptors (Lipinski definition) is 4. The van der Waals surface area contributed by atoms with Gasteiger partial charge in [0.25, 0.3) is 0 Å². The van der Waals surface area contributed by atoms with Crippen molar-refractivity contribution < 1.29 is 0 Å². The lowest BCUT2D eigenvalue weighted by atomic mass is 10.5. The van der Waals surface area contributed by atoms with Gasteiger partial charge in [-0.2, -0.15) is 0 Å². The van der Waals surface area contributed by atoms with Gasteiger partial charge in [-0.05, 0) is 45.9 Å². The first-order valence-corrected chi connectivity index (χ1v) is 8.18. The molecule has 0 aromatic carbocycles. The molecule has 0 aliphatic heterocycles. The first-order valence-electron chi connectivity index (χ1n) is 6.18. The van der Waals surface area contributed by atoms with Crippen molar-refractivity contribution >= 4 is 8.72 Å². The zero-order valence-corrected chi connectivity index (χ0v) is 11.7. The summed E-state index contributed by atoms with van der Waals surface area (Å²) in [6, 6.07) is 0. The third-order valence-corrected chi connectivity index (χ3v) is 5.39. The Kier molecular flexibility index (Phi) is 9.33. The highest BCUT2D eigenvalue weighted by Crippen LogP contribution is 1.86. The second-order valence-electron chi connectivity index (χ2n) is 3.78. The summed E-state index contributed by atoms with van der Waals surface area (Å²) >= 11 is 0. The van der Waals surface area contributed by atoms with Crippen LogP contribution >= 0.6 is 0 Å². The molecule has 0 aromatic heterocycles. The summed E-state index contributed by atoms with van der Waals surface area (Å²) < 4.78 is 0. The highest BCUT2D eigenvalue weighted by molar-refractivity contribution is 6.70. The Labute approximate surface area is 95.9 Å². The number of nitrogens with one attached hydrogen (secondary N) is 4. The van der Waals surface area contributed by atoms with Crippen molar-refractivity contribution in [2.45, 2.75) is 40.0 Å². The first-order chi connectivity index (χ1) is 7.24. The third-order valence-electron chi connectivity index (χ3n) is 2.30. The van der Waals surface area contributed by atoms with Crippen LogP contribution in [0.5, 0.6) is 0 Å². The molecular weight excluding hydrogens is 204 g/mol. The van der Waals surface area contributed by atoms with Crippen LogP contribution in [0.2, 0.25) is 0 Å². The van der Waals surface area contributed by atoms with E-state index in [-0.39, 0.29) is 0 Å². The lowest BCUT2D eigenvalue weighted by molar-refractivity contribution is 0.674. The molecule has 0 aromatic rings. The van der Waals surface area contributed by atoms with Crippen molar-refractivity contribution in [2.24, 2.45) is 0 Å². The molecule has 0 radical (unpaired) electrons. The fourth-order valence-corrected chi connectivity index (χ4v) is 4.17. The predicted molar refractivity (Wildman–Crippen MR) is 69.7 cm³/mol. The maximum absolute atomic E-state index is 3.61. The summed E-state index contributed by atoms with van der Waals surface area (Å²) in [6.45, 7) is 9.76. The van der Waals surface area contributed by atoms with E-state index in [1.54, 1.807) is 0 Å². The summed E-state index contributed by atoms with van der Waals surface area (Å²) in [6.07, 6.45) is 3.49. The maximum Gasteiger partial charge on any atom is 0.365 e. The average Bonchev–Trinajstić information content (AvgIpc) is 2.29. The largest absolute Gasteiger partial charge is 0.365 e. The summed E-state index contributed by atoms with van der Waals surface area (Å²) in [7, 11) is 0.196. The summed E-state index contributed by atoms with van der Waals surface area (Å²) in [4.78, 5) is 14.2. The van der Waals surface area contributed by atoms with E-state index in [1.165, 1.54) is 0 Å². The van der Waals surface area contributed by atoms with E-state index < -0.39 is 8.72 Å². The van der Waals surface area contributed by atoms with Gasteiger partial charge >= 0.3 is 8.72 Å². The van der Waals surface area contributed by atoms with Gasteiger partial charge in [-0.25, -0.2) is 0 Å². The quantitative estimate of drug-likeness (QED) is 0.418. The predicted octanol–water partition coefficient (Wildman–Crippen LogP) is 0.640. The van der Waals surface area contributed by atoms with Crippen molar-refractivity contribution in [3.8, 4) is 0 Å². The molecule has 0 heterocycles. The van der Waals surface area contributed by atoms with Gasteiger partial charge in [0.15, 0.2) is 0 Å². The van der Waals surface area contributed by atoms with Gasteiger partial charge in [0.05, 0.1) is 0 Å². The highest BCUT2D eigenvalue weighted by Gasteiger charge is 2.30. The standard InChI is InChI=1S/C10H28N4Si/c1-5-8-12-15(11-4,13-9-6-2)14-10-7-3/h11-14H,5-10H2,1-4H3. The average molecular weight is 232 g/mol. The summed E-state index contributed by atoms with van der Waals surface area (Å²) in [5.74, 6) is 0. The Balaban J connectivity index is 4.16. The second kappa shape index (κ2) is 9.29. The van der Waals surface area contributed by atoms with E-state index in [1.807, 2.05) is 7.05 Å². The number of rotatable bonds is 10. The molecule has 0 saturated heterocycles. The van der Waals surface area contributed by atoms with E-state index in [0.717, 1.165) is 38.9 Å². The van der Waals surface area contributed by atoms with Gasteiger partial charge in [-0.1, -0.05) is 20.8 Å². The van der Waals surface area contributed by atoms with Crippen LogP contribution in [0.15, 0.2) is 0 Å². The maximum atomic E-state index is 3.61. The van der Waals surface area contributed by atoms with Gasteiger partial charge in [0.2, 0.25) is 0 Å². The lowest BCUT2D eigenvalue weighted by Gasteiger charge is -2.32. The van der Waals surface area contributed by atoms with Gasteiger partial charge in [0, 0.05) is 0 Å². The molecule has 4 nitrogen and oxygen atoms in total. The minimum absolute atomic E-state index is 1.06. The molecule has 0 aliphatic rings. The minimum atomic E-state index is -1.83. The van der Waals surface area contributed by atoms with E-state index in [0.29, 0.717) is 0 Å². The first kappa shape index (κ1) is 15.1. The van der Waals surface area contributed by atoms with Crippen molar-refractivity contribution in [3.63, 3.8) is 0 Å². The monoisotopic (exact) mass is 232 g/mol. The molecule has 0 spiro atoms. The van der Waals surface area contributed by atoms with Crippen LogP contribution in [0.4, 0.5) is 0 Å². The third kappa shape index (κ3) is 6.27. The van der Waals surface area contributed by atoms with E-state index >= 15 is 0 Å². The molecule has 15 heavy (non-hydrogen) atoms. The highest BCUT2D eigenvalue weighted by atomic mass is 28.4. The molecule has 0 unspecified atom stereocenters. The normalized spacial score (nSPS) is 12.0. The van der Waals surface area contributed by atoms with Crippen LogP contribution in [0.1, 0.15) is 40.0 Å². The van der Waals surface area contributed by atoms with Crippen LogP contribution in [0.25, 0.3) is 0 Å². The Bertz CT molecular complexity index is 122. The molecule has 0 aliphatic carbocycles. The molecule has 5 heteroatoms. The number of hydrogen-bond donors (Lipinski definition) is 4. The van der Waals surface area contributed by atoms with Crippen molar-refractivity contribution in [3.05, 3.63) is 0 Å². The van der Waals surface area contributed by atoms with Gasteiger partial charge in [-0.15, -0.1) is 0 Å². The smallest absolute Gasteiger partial charge is 0.303 e. The molecule has 0 fully saturated rings. The van der Waals surface area contributed by atoms with E-state index in [4.69, 9.17) is 0 Å². The molecule has 4 N–H and O–H groups in total. The molecular formula is C10H28N4Si.